The molecule has 5 N–H and O–H groups in total. The van der Waals surface area contributed by atoms with Crippen LogP contribution < -0.4 is 26.4 Å². The van der Waals surface area contributed by atoms with E-state index in [1.807, 2.05) is 94.6 Å². The van der Waals surface area contributed by atoms with E-state index in [-0.39, 0.29) is 49.6 Å². The molecule has 0 unspecified atom stereocenters. The van der Waals surface area contributed by atoms with Crippen molar-refractivity contribution in [2.75, 3.05) is 6.54 Å². The highest BCUT2D eigenvalue weighted by molar-refractivity contribution is 7.15. The second kappa shape index (κ2) is 22.6. The number of nitrogens with one attached hydrogen (secondary N) is 3. The summed E-state index contributed by atoms with van der Waals surface area (Å²) in [5.74, 6) is -0.436. The smallest absolute Gasteiger partial charge is 0.307 e. The van der Waals surface area contributed by atoms with E-state index < -0.39 is 64.9 Å². The van der Waals surface area contributed by atoms with Gasteiger partial charge in [-0.25, -0.2) is 4.98 Å². The Labute approximate surface area is 483 Å². The number of rotatable bonds is 16. The molecule has 2 aliphatic heterocycles. The van der Waals surface area contributed by atoms with Gasteiger partial charge in [0.1, 0.15) is 52.5 Å². The molecule has 4 amide bonds. The summed E-state index contributed by atoms with van der Waals surface area (Å²) in [5.41, 5.74) is 13.3. The van der Waals surface area contributed by atoms with E-state index in [4.69, 9.17) is 36.2 Å². The number of fused-ring (bicyclic) bond motifs is 4. The van der Waals surface area contributed by atoms with E-state index in [0.717, 1.165) is 54.0 Å². The fourth-order valence-corrected chi connectivity index (χ4v) is 12.8. The molecule has 0 spiro atoms. The number of aryl methyl sites for hydroxylation is 3. The Balaban J connectivity index is 0.780. The fourth-order valence-electron chi connectivity index (χ4n) is 10.7. The van der Waals surface area contributed by atoms with Gasteiger partial charge in [-0.1, -0.05) is 68.8 Å². The van der Waals surface area contributed by atoms with Gasteiger partial charge in [0, 0.05) is 57.3 Å². The molecule has 0 radical (unpaired) electrons. The Morgan fingerprint density at radius 1 is 0.889 bits per heavy atom. The van der Waals surface area contributed by atoms with Gasteiger partial charge in [-0.15, -0.1) is 32.9 Å². The molecule has 81 heavy (non-hydrogen) atoms. The van der Waals surface area contributed by atoms with E-state index in [0.29, 0.717) is 46.2 Å². The molecule has 1 saturated carbocycles. The van der Waals surface area contributed by atoms with Gasteiger partial charge < -0.3 is 40.5 Å². The number of likely N-dealkylation sites (tertiary alicyclic amines) is 1. The van der Waals surface area contributed by atoms with Crippen LogP contribution in [0.2, 0.25) is 5.02 Å². The van der Waals surface area contributed by atoms with Crippen LogP contribution in [0.4, 0.5) is 0 Å². The zero-order chi connectivity index (χ0) is 57.8. The summed E-state index contributed by atoms with van der Waals surface area (Å²) in [6.45, 7) is 18.7. The van der Waals surface area contributed by atoms with Crippen LogP contribution in [0, 0.1) is 33.1 Å². The van der Waals surface area contributed by atoms with Crippen LogP contribution in [0.5, 0.6) is 5.75 Å². The summed E-state index contributed by atoms with van der Waals surface area (Å²) in [5, 5.41) is 20.3. The molecule has 2 fully saturated rings. The van der Waals surface area contributed by atoms with E-state index in [1.165, 1.54) is 4.90 Å². The number of ether oxygens (including phenoxy) is 2. The zero-order valence-corrected chi connectivity index (χ0v) is 49.4. The number of thiazole rings is 1. The minimum Gasteiger partial charge on any atom is -0.490 e. The number of thiophene rings is 1. The maximum atomic E-state index is 14.9. The van der Waals surface area contributed by atoms with Gasteiger partial charge >= 0.3 is 5.97 Å². The molecule has 5 atom stereocenters. The Morgan fingerprint density at radius 3 is 2.28 bits per heavy atom. The average molecular weight is 1160 g/mol. The molecule has 21 heteroatoms. The highest BCUT2D eigenvalue weighted by atomic mass is 35.5. The van der Waals surface area contributed by atoms with Crippen LogP contribution in [-0.4, -0.2) is 102 Å². The number of aliphatic imine (C=N–C) groups is 1. The number of furan rings is 1. The quantitative estimate of drug-likeness (QED) is 0.0662. The van der Waals surface area contributed by atoms with Gasteiger partial charge in [0.05, 0.1) is 47.2 Å². The Bertz CT molecular complexity index is 3580. The third kappa shape index (κ3) is 12.3. The second-order valence-corrected chi connectivity index (χ2v) is 25.8. The minimum atomic E-state index is -1.13. The van der Waals surface area contributed by atoms with Crippen LogP contribution in [0.3, 0.4) is 0 Å². The first-order chi connectivity index (χ1) is 38.4. The van der Waals surface area contributed by atoms with E-state index in [2.05, 4.69) is 45.0 Å². The van der Waals surface area contributed by atoms with Crippen molar-refractivity contribution in [1.29, 1.82) is 0 Å². The van der Waals surface area contributed by atoms with E-state index in [9.17, 15) is 24.0 Å². The van der Waals surface area contributed by atoms with Crippen LogP contribution in [-0.2, 0) is 23.9 Å². The zero-order valence-electron chi connectivity index (χ0n) is 47.0. The summed E-state index contributed by atoms with van der Waals surface area (Å²) < 4.78 is 20.3. The molecule has 4 aromatic heterocycles. The Kier molecular flexibility index (Phi) is 15.9. The van der Waals surface area contributed by atoms with Gasteiger partial charge in [0.15, 0.2) is 11.6 Å². The molecule has 1 aliphatic carbocycles. The molecule has 10 rings (SSSR count). The van der Waals surface area contributed by atoms with Crippen molar-refractivity contribution >= 4 is 80.6 Å². The monoisotopic (exact) mass is 1150 g/mol. The largest absolute Gasteiger partial charge is 0.490 e. The molecular formula is C60H67ClN10O8S2. The molecule has 6 heterocycles. The fraction of sp³-hybridized carbons (Fsp3) is 0.417. The summed E-state index contributed by atoms with van der Waals surface area (Å²) >= 11 is 9.50. The summed E-state index contributed by atoms with van der Waals surface area (Å²) in [4.78, 5) is 83.4. The number of hydrogen-bond acceptors (Lipinski definition) is 15. The number of carbonyl (C=O) groups excluding carboxylic acids is 5. The summed E-state index contributed by atoms with van der Waals surface area (Å²) in [6, 6.07) is 19.0. The number of amides is 4. The van der Waals surface area contributed by atoms with Gasteiger partial charge in [-0.2, -0.15) is 0 Å². The van der Waals surface area contributed by atoms with Crippen molar-refractivity contribution in [2.45, 2.75) is 149 Å². The van der Waals surface area contributed by atoms with Crippen molar-refractivity contribution in [3.8, 4) is 21.2 Å². The van der Waals surface area contributed by atoms with Crippen molar-refractivity contribution in [1.82, 2.24) is 40.6 Å². The number of hydrogen-bond donors (Lipinski definition) is 4. The van der Waals surface area contributed by atoms with E-state index in [1.54, 1.807) is 66.3 Å². The standard InChI is InChI=1S/C60H67ClN10O8S2/c1-30-33(4)81-58-50(30)51(36-15-17-39(61)18-16-36)66-44(54-69-68-34(5)71(54)58)26-48(72)65-40-23-42(24-40)77-41-19-20-46-38(21-41)22-47(79-46)56(75)67-53(59(6,7)8)57(76)70-28-43(78-49(73)27-60(9,10)62)25-45(70)55(74)64-31(2)35-11-13-37(14-12-35)52-32(3)63-29-80-52/h11-22,29,31,40,42-45,53H,23-28,62H2,1-10H3,(H,64,74)(H,65,72)(H,67,75)/t31-,40?,42?,43+,44-,45-,53+/m0/s1. The molecular weight excluding hydrogens is 1090 g/mol. The molecule has 1 saturated heterocycles. The van der Waals surface area contributed by atoms with Crippen molar-refractivity contribution < 1.29 is 37.9 Å². The lowest BCUT2D eigenvalue weighted by Crippen LogP contribution is -2.57. The maximum Gasteiger partial charge on any atom is 0.307 e. The van der Waals surface area contributed by atoms with Crippen molar-refractivity contribution in [3.05, 3.63) is 134 Å². The second-order valence-electron chi connectivity index (χ2n) is 23.3. The van der Waals surface area contributed by atoms with Crippen LogP contribution >= 0.6 is 34.3 Å². The van der Waals surface area contributed by atoms with Crippen molar-refractivity contribution in [2.24, 2.45) is 16.1 Å². The third-order valence-electron chi connectivity index (χ3n) is 15.1. The average Bonchev–Trinajstić information content (AvgIpc) is 3.99. The number of benzene rings is 3. The lowest BCUT2D eigenvalue weighted by molar-refractivity contribution is -0.150. The molecule has 7 aromatic rings. The number of esters is 1. The van der Waals surface area contributed by atoms with Gasteiger partial charge in [-0.05, 0) is 107 Å². The predicted molar refractivity (Wildman–Crippen MR) is 312 cm³/mol. The number of nitrogens with zero attached hydrogens (tertiary/aromatic N) is 6. The first-order valence-corrected chi connectivity index (χ1v) is 29.2. The highest BCUT2D eigenvalue weighted by Gasteiger charge is 2.47. The lowest BCUT2D eigenvalue weighted by atomic mass is 9.85. The Morgan fingerprint density at radius 2 is 1.60 bits per heavy atom. The molecule has 3 aliphatic rings. The van der Waals surface area contributed by atoms with Crippen molar-refractivity contribution in [3.63, 3.8) is 0 Å². The normalized spacial score (nSPS) is 19.6. The number of halogens is 1. The topological polar surface area (TPSA) is 238 Å². The van der Waals surface area contributed by atoms with Crippen LogP contribution in [0.15, 0.2) is 87.7 Å². The first-order valence-electron chi connectivity index (χ1n) is 27.1. The van der Waals surface area contributed by atoms with Gasteiger partial charge in [0.2, 0.25) is 17.7 Å². The summed E-state index contributed by atoms with van der Waals surface area (Å²) in [7, 11) is 0. The number of nitrogens with two attached hydrogens (primary N) is 1. The number of carbonyl (C=O) groups is 5. The molecule has 3 aromatic carbocycles. The lowest BCUT2D eigenvalue weighted by Gasteiger charge is -2.36. The van der Waals surface area contributed by atoms with Crippen LogP contribution in [0.1, 0.15) is 141 Å². The highest BCUT2D eigenvalue weighted by Crippen LogP contribution is 2.40. The third-order valence-corrected chi connectivity index (χ3v) is 17.5. The predicted octanol–water partition coefficient (Wildman–Crippen LogP) is 9.76. The van der Waals surface area contributed by atoms with E-state index >= 15 is 0 Å². The minimum absolute atomic E-state index is 0.0274. The molecule has 0 bridgehead atoms. The molecule has 18 nitrogen and oxygen atoms in total. The summed E-state index contributed by atoms with van der Waals surface area (Å²) in [6.07, 6.45) is 0.225. The molecule has 424 valence electrons. The van der Waals surface area contributed by atoms with Crippen LogP contribution in [0.25, 0.3) is 26.4 Å². The SMILES string of the molecule is Cc1ncsc1-c1ccc([C@H](C)NC(=O)[C@@H]2C[C@@H](OC(=O)CC(C)(C)N)CN2C(=O)[C@@H](NC(=O)c2cc3cc(OC4CC(NC(=O)C[C@@H]5N=C(c6ccc(Cl)cc6)c6c(sc(C)c6C)-n6c(C)nnc65)C4)ccc3o2)C(C)(C)C)cc1. The van der Waals surface area contributed by atoms with Gasteiger partial charge in [0.25, 0.3) is 5.91 Å². The van der Waals surface area contributed by atoms with Gasteiger partial charge in [-0.3, -0.25) is 33.5 Å². The number of aromatic nitrogens is 4. The Hall–Kier alpha value is -7.26. The first kappa shape index (κ1) is 57.0. The maximum absolute atomic E-state index is 14.9.